The van der Waals surface area contributed by atoms with Crippen LogP contribution in [0.25, 0.3) is 0 Å². The van der Waals surface area contributed by atoms with Gasteiger partial charge in [0.25, 0.3) is 0 Å². The molecule has 1 heterocycles. The third kappa shape index (κ3) is 5.08. The second-order valence-corrected chi connectivity index (χ2v) is 5.79. The Labute approximate surface area is 97.7 Å². The summed E-state index contributed by atoms with van der Waals surface area (Å²) in [6.45, 7) is 0. The average molecular weight is 246 g/mol. The van der Waals surface area contributed by atoms with Gasteiger partial charge in [-0.3, -0.25) is 4.79 Å². The average Bonchev–Trinajstić information content (AvgIpc) is 2.65. The molecular weight excluding hydrogens is 232 g/mol. The number of thiophene rings is 1. The van der Waals surface area contributed by atoms with Crippen LogP contribution in [0, 0.1) is 0 Å². The van der Waals surface area contributed by atoms with Crippen molar-refractivity contribution in [1.82, 2.24) is 0 Å². The Balaban J connectivity index is 2.11. The molecule has 0 aliphatic carbocycles. The zero-order valence-electron chi connectivity index (χ0n) is 8.19. The highest BCUT2D eigenvalue weighted by Gasteiger charge is 2.03. The van der Waals surface area contributed by atoms with Gasteiger partial charge in [-0.15, -0.1) is 0 Å². The highest BCUT2D eigenvalue weighted by atomic mass is 32.2. The summed E-state index contributed by atoms with van der Waals surface area (Å²) in [6, 6.07) is 2.02. The van der Waals surface area contributed by atoms with Crippen LogP contribution in [0.3, 0.4) is 0 Å². The fourth-order valence-electron chi connectivity index (χ4n) is 1.00. The maximum Gasteiger partial charge on any atom is 0.193 e. The van der Waals surface area contributed by atoms with Gasteiger partial charge in [0.1, 0.15) is 0 Å². The molecule has 0 spiro atoms. The maximum atomic E-state index is 11.4. The molecule has 1 nitrogen and oxygen atoms in total. The lowest BCUT2D eigenvalue weighted by Crippen LogP contribution is -1.98. The topological polar surface area (TPSA) is 17.1 Å². The lowest BCUT2D eigenvalue weighted by Gasteiger charge is -1.98. The molecule has 0 saturated carbocycles. The first-order valence-corrected chi connectivity index (χ1v) is 7.81. The number of rotatable bonds is 6. The van der Waals surface area contributed by atoms with E-state index in [2.05, 4.69) is 6.26 Å². The molecule has 0 radical (unpaired) electrons. The predicted molar refractivity (Wildman–Crippen MR) is 68.5 cm³/mol. The van der Waals surface area contributed by atoms with Crippen molar-refractivity contribution in [3.8, 4) is 0 Å². The molecule has 0 fully saturated rings. The van der Waals surface area contributed by atoms with Gasteiger partial charge in [0, 0.05) is 12.2 Å². The van der Waals surface area contributed by atoms with E-state index in [1.54, 1.807) is 11.3 Å². The number of carbonyl (C=O) groups is 1. The molecule has 0 saturated heterocycles. The Morgan fingerprint density at radius 1 is 1.50 bits per heavy atom. The number of hydrogen-bond acceptors (Lipinski definition) is 4. The molecule has 0 aromatic carbocycles. The van der Waals surface area contributed by atoms with Gasteiger partial charge >= 0.3 is 0 Å². The third-order valence-corrected chi connectivity index (χ3v) is 4.07. The monoisotopic (exact) mass is 246 g/mol. The zero-order chi connectivity index (χ0) is 10.2. The summed E-state index contributed by atoms with van der Waals surface area (Å²) in [5, 5.41) is 4.35. The minimum absolute atomic E-state index is 0.296. The van der Waals surface area contributed by atoms with Crippen LogP contribution in [-0.2, 0) is 11.2 Å². The largest absolute Gasteiger partial charge is 0.287 e. The van der Waals surface area contributed by atoms with Crippen LogP contribution in [0.4, 0.5) is 0 Å². The van der Waals surface area contributed by atoms with E-state index in [0.717, 1.165) is 23.5 Å². The Kier molecular flexibility index (Phi) is 6.39. The summed E-state index contributed by atoms with van der Waals surface area (Å²) in [6.07, 6.45) is 3.81. The summed E-state index contributed by atoms with van der Waals surface area (Å²) < 4.78 is 0. The fraction of sp³-hybridized carbons (Fsp3) is 0.500. The first-order valence-electron chi connectivity index (χ1n) is 4.48. The molecule has 0 unspecified atom stereocenters. The molecule has 0 aliphatic heterocycles. The molecule has 0 bridgehead atoms. The highest BCUT2D eigenvalue weighted by molar-refractivity contribution is 8.13. The fourth-order valence-corrected chi connectivity index (χ4v) is 3.07. The van der Waals surface area contributed by atoms with Crippen LogP contribution in [0.5, 0.6) is 0 Å². The van der Waals surface area contributed by atoms with Crippen LogP contribution in [-0.4, -0.2) is 22.9 Å². The first kappa shape index (κ1) is 12.1. The number of thioether (sulfide) groups is 2. The molecule has 4 heteroatoms. The van der Waals surface area contributed by atoms with E-state index >= 15 is 0 Å². The van der Waals surface area contributed by atoms with Gasteiger partial charge in [-0.1, -0.05) is 11.8 Å². The Morgan fingerprint density at radius 2 is 2.36 bits per heavy atom. The Hall–Kier alpha value is 0.0700. The van der Waals surface area contributed by atoms with Crippen LogP contribution in [0.1, 0.15) is 12.0 Å². The number of hydrogen-bond donors (Lipinski definition) is 0. The Morgan fingerprint density at radius 3 is 3.00 bits per heavy atom. The van der Waals surface area contributed by atoms with Crippen molar-refractivity contribution in [2.24, 2.45) is 0 Å². The second-order valence-electron chi connectivity index (χ2n) is 2.88. The van der Waals surface area contributed by atoms with Gasteiger partial charge in [-0.05, 0) is 40.8 Å². The van der Waals surface area contributed by atoms with E-state index in [0.29, 0.717) is 11.5 Å². The lowest BCUT2D eigenvalue weighted by atomic mass is 10.3. The van der Waals surface area contributed by atoms with Crippen LogP contribution >= 0.6 is 34.9 Å². The molecular formula is C10H14OS3. The van der Waals surface area contributed by atoms with Gasteiger partial charge in [-0.2, -0.15) is 23.1 Å². The van der Waals surface area contributed by atoms with Crippen molar-refractivity contribution in [2.45, 2.75) is 12.8 Å². The second kappa shape index (κ2) is 7.37. The molecule has 78 valence electrons. The van der Waals surface area contributed by atoms with Gasteiger partial charge in [0.05, 0.1) is 0 Å². The van der Waals surface area contributed by atoms with Crippen LogP contribution < -0.4 is 0 Å². The van der Waals surface area contributed by atoms with Crippen molar-refractivity contribution in [1.29, 1.82) is 0 Å². The third-order valence-electron chi connectivity index (χ3n) is 1.68. The van der Waals surface area contributed by atoms with E-state index in [-0.39, 0.29) is 0 Å². The summed E-state index contributed by atoms with van der Waals surface area (Å²) in [7, 11) is 0. The summed E-state index contributed by atoms with van der Waals surface area (Å²) >= 11 is 4.95. The molecule has 1 aromatic heterocycles. The molecule has 14 heavy (non-hydrogen) atoms. The van der Waals surface area contributed by atoms with Crippen molar-refractivity contribution in [3.05, 3.63) is 22.4 Å². The SMILES string of the molecule is CSCCCSC(=O)Cc1ccsc1. The molecule has 1 aromatic rings. The quantitative estimate of drug-likeness (QED) is 0.717. The van der Waals surface area contributed by atoms with Crippen molar-refractivity contribution in [3.63, 3.8) is 0 Å². The summed E-state index contributed by atoms with van der Waals surface area (Å²) in [5.74, 6) is 2.11. The van der Waals surface area contributed by atoms with E-state index in [9.17, 15) is 4.79 Å². The summed E-state index contributed by atoms with van der Waals surface area (Å²) in [5.41, 5.74) is 1.15. The first-order chi connectivity index (χ1) is 6.83. The van der Waals surface area contributed by atoms with Crippen molar-refractivity contribution >= 4 is 40.0 Å². The van der Waals surface area contributed by atoms with Crippen molar-refractivity contribution in [2.75, 3.05) is 17.8 Å². The summed E-state index contributed by atoms with van der Waals surface area (Å²) in [4.78, 5) is 11.4. The van der Waals surface area contributed by atoms with E-state index < -0.39 is 0 Å². The minimum Gasteiger partial charge on any atom is -0.287 e. The van der Waals surface area contributed by atoms with Crippen LogP contribution in [0.2, 0.25) is 0 Å². The van der Waals surface area contributed by atoms with Crippen molar-refractivity contribution < 1.29 is 4.79 Å². The van der Waals surface area contributed by atoms with Gasteiger partial charge < -0.3 is 0 Å². The molecule has 1 rings (SSSR count). The van der Waals surface area contributed by atoms with Gasteiger partial charge in [-0.25, -0.2) is 0 Å². The van der Waals surface area contributed by atoms with Crippen LogP contribution in [0.15, 0.2) is 16.8 Å². The highest BCUT2D eigenvalue weighted by Crippen LogP contribution is 2.13. The maximum absolute atomic E-state index is 11.4. The lowest BCUT2D eigenvalue weighted by molar-refractivity contribution is -0.110. The molecule has 0 amide bonds. The molecule has 0 aliphatic rings. The van der Waals surface area contributed by atoms with Gasteiger partial charge in [0.15, 0.2) is 5.12 Å². The standard InChI is InChI=1S/C10H14OS3/c1-12-4-2-5-14-10(11)7-9-3-6-13-8-9/h3,6,8H,2,4-5,7H2,1H3. The smallest absolute Gasteiger partial charge is 0.193 e. The zero-order valence-corrected chi connectivity index (χ0v) is 10.6. The van der Waals surface area contributed by atoms with E-state index in [1.807, 2.05) is 28.6 Å². The predicted octanol–water partition coefficient (Wildman–Crippen LogP) is 3.30. The van der Waals surface area contributed by atoms with Gasteiger partial charge in [0.2, 0.25) is 0 Å². The Bertz CT molecular complexity index is 256. The number of carbonyl (C=O) groups excluding carboxylic acids is 1. The molecule has 0 atom stereocenters. The molecule has 0 N–H and O–H groups in total. The normalized spacial score (nSPS) is 10.4. The van der Waals surface area contributed by atoms with E-state index in [1.165, 1.54) is 11.8 Å². The minimum atomic E-state index is 0.296. The van der Waals surface area contributed by atoms with E-state index in [4.69, 9.17) is 0 Å².